The van der Waals surface area contributed by atoms with Crippen molar-refractivity contribution in [2.24, 2.45) is 0 Å². The fourth-order valence-corrected chi connectivity index (χ4v) is 1.85. The number of amides is 1. The first-order valence-corrected chi connectivity index (χ1v) is 5.95. The third kappa shape index (κ3) is 2.90. The van der Waals surface area contributed by atoms with E-state index in [1.54, 1.807) is 10.6 Å². The number of fused-ring (bicyclic) bond motifs is 1. The summed E-state index contributed by atoms with van der Waals surface area (Å²) in [6, 6.07) is 4.74. The Labute approximate surface area is 110 Å². The zero-order chi connectivity index (χ0) is 14.0. The van der Waals surface area contributed by atoms with Gasteiger partial charge in [-0.3, -0.25) is 4.79 Å². The van der Waals surface area contributed by atoms with E-state index in [9.17, 15) is 9.59 Å². The summed E-state index contributed by atoms with van der Waals surface area (Å²) in [4.78, 5) is 26.7. The molecule has 0 spiro atoms. The SMILES string of the molecule is CC(C)NC(=O)Cn1cnc2cc(C(=O)O)ccc21. The van der Waals surface area contributed by atoms with E-state index in [4.69, 9.17) is 5.11 Å². The summed E-state index contributed by atoms with van der Waals surface area (Å²) in [7, 11) is 0. The minimum absolute atomic E-state index is 0.0842. The predicted molar refractivity (Wildman–Crippen MR) is 70.0 cm³/mol. The second kappa shape index (κ2) is 5.09. The Bertz CT molecular complexity index is 631. The summed E-state index contributed by atoms with van der Waals surface area (Å²) in [6.07, 6.45) is 1.54. The number of carbonyl (C=O) groups excluding carboxylic acids is 1. The predicted octanol–water partition coefficient (Wildman–Crippen LogP) is 1.26. The number of nitrogens with zero attached hydrogens (tertiary/aromatic N) is 2. The molecule has 0 fully saturated rings. The van der Waals surface area contributed by atoms with Crippen LogP contribution in [0.5, 0.6) is 0 Å². The van der Waals surface area contributed by atoms with Crippen molar-refractivity contribution < 1.29 is 14.7 Å². The first-order chi connectivity index (χ1) is 8.97. The standard InChI is InChI=1S/C13H15N3O3/c1-8(2)15-12(17)6-16-7-14-10-5-9(13(18)19)3-4-11(10)16/h3-5,7-8H,6H2,1-2H3,(H,15,17)(H,18,19). The number of aromatic nitrogens is 2. The third-order valence-electron chi connectivity index (χ3n) is 2.63. The van der Waals surface area contributed by atoms with Crippen LogP contribution in [0.4, 0.5) is 0 Å². The van der Waals surface area contributed by atoms with Gasteiger partial charge in [-0.25, -0.2) is 9.78 Å². The zero-order valence-electron chi connectivity index (χ0n) is 10.8. The van der Waals surface area contributed by atoms with E-state index in [-0.39, 0.29) is 24.1 Å². The molecule has 0 bridgehead atoms. The minimum atomic E-state index is -0.992. The number of carbonyl (C=O) groups is 2. The van der Waals surface area contributed by atoms with Crippen LogP contribution in [-0.2, 0) is 11.3 Å². The maximum absolute atomic E-state index is 11.7. The van der Waals surface area contributed by atoms with Crippen molar-refractivity contribution in [3.63, 3.8) is 0 Å². The molecule has 6 nitrogen and oxygen atoms in total. The normalized spacial score (nSPS) is 10.9. The van der Waals surface area contributed by atoms with Crippen LogP contribution in [0.3, 0.4) is 0 Å². The van der Waals surface area contributed by atoms with Gasteiger partial charge in [-0.1, -0.05) is 0 Å². The number of hydrogen-bond acceptors (Lipinski definition) is 3. The lowest BCUT2D eigenvalue weighted by Crippen LogP contribution is -2.32. The van der Waals surface area contributed by atoms with Crippen LogP contribution >= 0.6 is 0 Å². The van der Waals surface area contributed by atoms with Crippen LogP contribution in [0.25, 0.3) is 11.0 Å². The molecule has 19 heavy (non-hydrogen) atoms. The molecule has 2 aromatic rings. The highest BCUT2D eigenvalue weighted by atomic mass is 16.4. The number of carboxylic acids is 1. The maximum atomic E-state index is 11.7. The highest BCUT2D eigenvalue weighted by molar-refractivity contribution is 5.92. The van der Waals surface area contributed by atoms with E-state index in [0.717, 1.165) is 5.52 Å². The van der Waals surface area contributed by atoms with E-state index in [1.807, 2.05) is 13.8 Å². The molecule has 2 N–H and O–H groups in total. The second-order valence-corrected chi connectivity index (χ2v) is 4.60. The first kappa shape index (κ1) is 13.1. The lowest BCUT2D eigenvalue weighted by atomic mass is 10.2. The molecular weight excluding hydrogens is 246 g/mol. The molecule has 1 heterocycles. The summed E-state index contributed by atoms with van der Waals surface area (Å²) in [5.74, 6) is -1.09. The monoisotopic (exact) mass is 261 g/mol. The van der Waals surface area contributed by atoms with Crippen molar-refractivity contribution >= 4 is 22.9 Å². The van der Waals surface area contributed by atoms with Gasteiger partial charge in [-0.2, -0.15) is 0 Å². The van der Waals surface area contributed by atoms with Crippen LogP contribution in [0.15, 0.2) is 24.5 Å². The second-order valence-electron chi connectivity index (χ2n) is 4.60. The van der Waals surface area contributed by atoms with Gasteiger partial charge < -0.3 is 15.0 Å². The largest absolute Gasteiger partial charge is 0.478 e. The molecule has 1 aromatic carbocycles. The van der Waals surface area contributed by atoms with Gasteiger partial charge in [0.15, 0.2) is 0 Å². The van der Waals surface area contributed by atoms with E-state index in [2.05, 4.69) is 10.3 Å². The van der Waals surface area contributed by atoms with E-state index in [0.29, 0.717) is 5.52 Å². The van der Waals surface area contributed by atoms with E-state index in [1.165, 1.54) is 18.5 Å². The molecule has 0 saturated heterocycles. The fraction of sp³-hybridized carbons (Fsp3) is 0.308. The summed E-state index contributed by atoms with van der Waals surface area (Å²) >= 11 is 0. The number of benzene rings is 1. The van der Waals surface area contributed by atoms with E-state index < -0.39 is 5.97 Å². The smallest absolute Gasteiger partial charge is 0.335 e. The quantitative estimate of drug-likeness (QED) is 0.867. The minimum Gasteiger partial charge on any atom is -0.478 e. The summed E-state index contributed by atoms with van der Waals surface area (Å²) in [6.45, 7) is 3.95. The summed E-state index contributed by atoms with van der Waals surface area (Å²) in [5.41, 5.74) is 1.49. The van der Waals surface area contributed by atoms with Gasteiger partial charge in [-0.05, 0) is 32.0 Å². The molecule has 1 amide bonds. The van der Waals surface area contributed by atoms with Gasteiger partial charge in [0, 0.05) is 6.04 Å². The van der Waals surface area contributed by atoms with Crippen molar-refractivity contribution in [3.05, 3.63) is 30.1 Å². The Balaban J connectivity index is 2.26. The number of aromatic carboxylic acids is 1. The topological polar surface area (TPSA) is 84.2 Å². The Kier molecular flexibility index (Phi) is 3.50. The van der Waals surface area contributed by atoms with Crippen LogP contribution < -0.4 is 5.32 Å². The van der Waals surface area contributed by atoms with Crippen molar-refractivity contribution in [1.82, 2.24) is 14.9 Å². The molecule has 2 rings (SSSR count). The molecule has 1 aromatic heterocycles. The van der Waals surface area contributed by atoms with Gasteiger partial charge >= 0.3 is 5.97 Å². The summed E-state index contributed by atoms with van der Waals surface area (Å²) < 4.78 is 1.69. The molecule has 0 saturated carbocycles. The Morgan fingerprint density at radius 2 is 2.16 bits per heavy atom. The number of rotatable bonds is 4. The molecule has 0 aliphatic heterocycles. The molecule has 0 atom stereocenters. The van der Waals surface area contributed by atoms with Crippen molar-refractivity contribution in [3.8, 4) is 0 Å². The van der Waals surface area contributed by atoms with Gasteiger partial charge in [0.05, 0.1) is 22.9 Å². The van der Waals surface area contributed by atoms with Crippen molar-refractivity contribution in [2.45, 2.75) is 26.4 Å². The van der Waals surface area contributed by atoms with Crippen LogP contribution in [-0.4, -0.2) is 32.6 Å². The van der Waals surface area contributed by atoms with Gasteiger partial charge in [0.2, 0.25) is 5.91 Å². The molecular formula is C13H15N3O3. The average Bonchev–Trinajstić information content (AvgIpc) is 2.70. The molecule has 0 aliphatic carbocycles. The molecule has 6 heteroatoms. The van der Waals surface area contributed by atoms with Crippen molar-refractivity contribution in [1.29, 1.82) is 0 Å². The Hall–Kier alpha value is -2.37. The van der Waals surface area contributed by atoms with Crippen LogP contribution in [0.1, 0.15) is 24.2 Å². The zero-order valence-corrected chi connectivity index (χ0v) is 10.8. The molecule has 0 aliphatic rings. The Morgan fingerprint density at radius 3 is 2.79 bits per heavy atom. The molecule has 0 unspecified atom stereocenters. The third-order valence-corrected chi connectivity index (χ3v) is 2.63. The van der Waals surface area contributed by atoms with Crippen LogP contribution in [0, 0.1) is 0 Å². The number of carboxylic acid groups (broad SMARTS) is 1. The van der Waals surface area contributed by atoms with Crippen molar-refractivity contribution in [2.75, 3.05) is 0 Å². The number of imidazole rings is 1. The van der Waals surface area contributed by atoms with E-state index >= 15 is 0 Å². The Morgan fingerprint density at radius 1 is 1.42 bits per heavy atom. The first-order valence-electron chi connectivity index (χ1n) is 5.95. The number of hydrogen-bond donors (Lipinski definition) is 2. The highest BCUT2D eigenvalue weighted by Gasteiger charge is 2.10. The maximum Gasteiger partial charge on any atom is 0.335 e. The summed E-state index contributed by atoms with van der Waals surface area (Å²) in [5, 5.41) is 11.7. The van der Waals surface area contributed by atoms with Crippen LogP contribution in [0.2, 0.25) is 0 Å². The molecule has 100 valence electrons. The average molecular weight is 261 g/mol. The molecule has 0 radical (unpaired) electrons. The van der Waals surface area contributed by atoms with Gasteiger partial charge in [0.1, 0.15) is 6.54 Å². The van der Waals surface area contributed by atoms with Gasteiger partial charge in [0.25, 0.3) is 0 Å². The lowest BCUT2D eigenvalue weighted by molar-refractivity contribution is -0.122. The van der Waals surface area contributed by atoms with Gasteiger partial charge in [-0.15, -0.1) is 0 Å². The number of nitrogens with one attached hydrogen (secondary N) is 1. The fourth-order valence-electron chi connectivity index (χ4n) is 1.85. The highest BCUT2D eigenvalue weighted by Crippen LogP contribution is 2.15. The lowest BCUT2D eigenvalue weighted by Gasteiger charge is -2.09.